The van der Waals surface area contributed by atoms with E-state index >= 15 is 0 Å². The molecule has 6 heteroatoms. The Morgan fingerprint density at radius 1 is 1.00 bits per heavy atom. The fourth-order valence-corrected chi connectivity index (χ4v) is 4.59. The average Bonchev–Trinajstić information content (AvgIpc) is 2.41. The lowest BCUT2D eigenvalue weighted by atomic mass is 10.0. The van der Waals surface area contributed by atoms with Crippen molar-refractivity contribution in [2.45, 2.75) is 16.6 Å². The van der Waals surface area contributed by atoms with E-state index in [0.717, 1.165) is 25.6 Å². The van der Waals surface area contributed by atoms with Crippen molar-refractivity contribution in [3.63, 3.8) is 0 Å². The molecule has 0 bridgehead atoms. The molecule has 0 saturated heterocycles. The molecule has 0 saturated carbocycles. The Kier molecular flexibility index (Phi) is 5.34. The van der Waals surface area contributed by atoms with Crippen molar-refractivity contribution in [2.24, 2.45) is 0 Å². The van der Waals surface area contributed by atoms with Crippen LogP contribution in [0.1, 0.15) is 21.5 Å². The summed E-state index contributed by atoms with van der Waals surface area (Å²) in [4.78, 5) is 0.312. The first-order valence-corrected chi connectivity index (χ1v) is 10.5. The number of aryl methyl sites for hydroxylation is 1. The first kappa shape index (κ1) is 17.2. The van der Waals surface area contributed by atoms with Crippen LogP contribution in [0.3, 0.4) is 0 Å². The maximum Gasteiger partial charge on any atom is 0.175 e. The van der Waals surface area contributed by atoms with Crippen molar-refractivity contribution in [3.05, 3.63) is 62.0 Å². The topological polar surface area (TPSA) is 34.1 Å². The van der Waals surface area contributed by atoms with E-state index in [-0.39, 0.29) is 4.83 Å². The number of sulfone groups is 1. The summed E-state index contributed by atoms with van der Waals surface area (Å²) in [6.45, 7) is 2.03. The van der Waals surface area contributed by atoms with Crippen molar-refractivity contribution in [3.8, 4) is 0 Å². The standard InChI is InChI=1S/C15H13Br3O2S/c1-9-7-14(17)12(8-13(9)16)15(18)10-3-5-11(6-4-10)21(2,19)20/h3-8,15H,1-2H3. The van der Waals surface area contributed by atoms with Gasteiger partial charge in [-0.1, -0.05) is 59.9 Å². The maximum atomic E-state index is 11.5. The van der Waals surface area contributed by atoms with Gasteiger partial charge in [0.05, 0.1) is 9.72 Å². The Balaban J connectivity index is 2.41. The highest BCUT2D eigenvalue weighted by Gasteiger charge is 2.16. The smallest absolute Gasteiger partial charge is 0.175 e. The predicted molar refractivity (Wildman–Crippen MR) is 96.9 cm³/mol. The molecule has 0 amide bonds. The van der Waals surface area contributed by atoms with Crippen LogP contribution in [0.4, 0.5) is 0 Å². The van der Waals surface area contributed by atoms with Gasteiger partial charge in [0.2, 0.25) is 0 Å². The molecule has 112 valence electrons. The van der Waals surface area contributed by atoms with Gasteiger partial charge in [-0.3, -0.25) is 0 Å². The fourth-order valence-electron chi connectivity index (χ4n) is 1.92. The molecule has 0 aliphatic rings. The molecule has 21 heavy (non-hydrogen) atoms. The second-order valence-electron chi connectivity index (χ2n) is 4.83. The van der Waals surface area contributed by atoms with E-state index in [0.29, 0.717) is 4.90 Å². The third kappa shape index (κ3) is 3.97. The second kappa shape index (κ2) is 6.52. The molecule has 0 fully saturated rings. The zero-order chi connectivity index (χ0) is 15.8. The Hall–Kier alpha value is -0.170. The summed E-state index contributed by atoms with van der Waals surface area (Å²) in [5, 5.41) is 0. The van der Waals surface area contributed by atoms with Crippen molar-refractivity contribution >= 4 is 57.6 Å². The highest BCUT2D eigenvalue weighted by molar-refractivity contribution is 9.11. The van der Waals surface area contributed by atoms with Crippen LogP contribution in [0.2, 0.25) is 0 Å². The Morgan fingerprint density at radius 3 is 2.10 bits per heavy atom. The van der Waals surface area contributed by atoms with Crippen LogP contribution in [-0.2, 0) is 9.84 Å². The summed E-state index contributed by atoms with van der Waals surface area (Å²) < 4.78 is 25.0. The molecule has 0 aliphatic heterocycles. The molecule has 2 aromatic rings. The van der Waals surface area contributed by atoms with E-state index in [2.05, 4.69) is 59.9 Å². The van der Waals surface area contributed by atoms with Gasteiger partial charge in [0.25, 0.3) is 0 Å². The van der Waals surface area contributed by atoms with Crippen LogP contribution in [0.5, 0.6) is 0 Å². The summed E-state index contributed by atoms with van der Waals surface area (Å²) in [6.07, 6.45) is 1.21. The van der Waals surface area contributed by atoms with Crippen LogP contribution < -0.4 is 0 Å². The minimum atomic E-state index is -3.16. The number of hydrogen-bond donors (Lipinski definition) is 0. The SMILES string of the molecule is Cc1cc(Br)c(C(Br)c2ccc(S(C)(=O)=O)cc2)cc1Br. The van der Waals surface area contributed by atoms with Gasteiger partial charge in [-0.25, -0.2) is 8.42 Å². The fraction of sp³-hybridized carbons (Fsp3) is 0.200. The minimum Gasteiger partial charge on any atom is -0.224 e. The van der Waals surface area contributed by atoms with Crippen LogP contribution >= 0.6 is 47.8 Å². The number of alkyl halides is 1. The van der Waals surface area contributed by atoms with Gasteiger partial charge in [-0.15, -0.1) is 0 Å². The average molecular weight is 497 g/mol. The quantitative estimate of drug-likeness (QED) is 0.532. The number of rotatable bonds is 3. The van der Waals surface area contributed by atoms with Gasteiger partial charge in [0.1, 0.15) is 0 Å². The molecule has 2 aromatic carbocycles. The summed E-state index contributed by atoms with van der Waals surface area (Å²) in [6, 6.07) is 11.0. The monoisotopic (exact) mass is 494 g/mol. The van der Waals surface area contributed by atoms with Crippen LogP contribution in [0.25, 0.3) is 0 Å². The van der Waals surface area contributed by atoms with Crippen LogP contribution in [0, 0.1) is 6.92 Å². The molecule has 0 aliphatic carbocycles. The van der Waals surface area contributed by atoms with Crippen molar-refractivity contribution in [1.29, 1.82) is 0 Å². The van der Waals surface area contributed by atoms with Gasteiger partial charge in [-0.05, 0) is 47.9 Å². The summed E-state index contributed by atoms with van der Waals surface area (Å²) >= 11 is 10.8. The van der Waals surface area contributed by atoms with E-state index in [1.807, 2.05) is 19.1 Å². The van der Waals surface area contributed by atoms with E-state index in [1.54, 1.807) is 12.1 Å². The molecule has 0 heterocycles. The molecule has 0 radical (unpaired) electrons. The lowest BCUT2D eigenvalue weighted by Crippen LogP contribution is -1.99. The van der Waals surface area contributed by atoms with Crippen LogP contribution in [-0.4, -0.2) is 14.7 Å². The zero-order valence-corrected chi connectivity index (χ0v) is 17.0. The molecule has 2 rings (SSSR count). The van der Waals surface area contributed by atoms with Gasteiger partial charge in [0, 0.05) is 15.2 Å². The Bertz CT molecular complexity index is 768. The highest BCUT2D eigenvalue weighted by atomic mass is 79.9. The molecule has 0 aromatic heterocycles. The predicted octanol–water partition coefficient (Wildman–Crippen LogP) is 5.41. The number of halogens is 3. The van der Waals surface area contributed by atoms with E-state index in [1.165, 1.54) is 6.26 Å². The molecular formula is C15H13Br3O2S. The van der Waals surface area contributed by atoms with Crippen molar-refractivity contribution in [1.82, 2.24) is 0 Å². The summed E-state index contributed by atoms with van der Waals surface area (Å²) in [7, 11) is -3.16. The van der Waals surface area contributed by atoms with Crippen molar-refractivity contribution in [2.75, 3.05) is 6.26 Å². The molecule has 2 nitrogen and oxygen atoms in total. The lowest BCUT2D eigenvalue weighted by Gasteiger charge is -2.15. The third-order valence-electron chi connectivity index (χ3n) is 3.15. The van der Waals surface area contributed by atoms with E-state index in [4.69, 9.17) is 0 Å². The van der Waals surface area contributed by atoms with Gasteiger partial charge in [-0.2, -0.15) is 0 Å². The maximum absolute atomic E-state index is 11.5. The van der Waals surface area contributed by atoms with Crippen molar-refractivity contribution < 1.29 is 8.42 Å². The molecule has 1 unspecified atom stereocenters. The third-order valence-corrected chi connectivity index (χ3v) is 6.84. The molecule has 1 atom stereocenters. The number of benzene rings is 2. The molecular weight excluding hydrogens is 484 g/mol. The zero-order valence-electron chi connectivity index (χ0n) is 11.4. The summed E-state index contributed by atoms with van der Waals surface area (Å²) in [5.41, 5.74) is 3.23. The van der Waals surface area contributed by atoms with Crippen LogP contribution in [0.15, 0.2) is 50.2 Å². The van der Waals surface area contributed by atoms with E-state index < -0.39 is 9.84 Å². The van der Waals surface area contributed by atoms with Gasteiger partial charge < -0.3 is 0 Å². The first-order chi connectivity index (χ1) is 9.70. The second-order valence-corrected chi connectivity index (χ2v) is 9.47. The lowest BCUT2D eigenvalue weighted by molar-refractivity contribution is 0.602. The molecule has 0 spiro atoms. The minimum absolute atomic E-state index is 0.0163. The summed E-state index contributed by atoms with van der Waals surface area (Å²) in [5.74, 6) is 0. The largest absolute Gasteiger partial charge is 0.224 e. The van der Waals surface area contributed by atoms with Gasteiger partial charge in [0.15, 0.2) is 9.84 Å². The number of hydrogen-bond acceptors (Lipinski definition) is 2. The normalized spacial score (nSPS) is 13.2. The highest BCUT2D eigenvalue weighted by Crippen LogP contribution is 2.38. The van der Waals surface area contributed by atoms with E-state index in [9.17, 15) is 8.42 Å². The molecule has 0 N–H and O–H groups in total. The Labute approximate surface area is 150 Å². The van der Waals surface area contributed by atoms with Gasteiger partial charge >= 0.3 is 0 Å². The first-order valence-electron chi connectivity index (χ1n) is 6.10. The Morgan fingerprint density at radius 2 is 1.57 bits per heavy atom.